The fourth-order valence-corrected chi connectivity index (χ4v) is 3.85. The van der Waals surface area contributed by atoms with E-state index in [9.17, 15) is 14.9 Å². The van der Waals surface area contributed by atoms with Gasteiger partial charge in [0.2, 0.25) is 0 Å². The van der Waals surface area contributed by atoms with Gasteiger partial charge in [-0.25, -0.2) is 4.79 Å². The molecule has 1 amide bonds. The van der Waals surface area contributed by atoms with Crippen molar-refractivity contribution in [2.45, 2.75) is 20.5 Å². The van der Waals surface area contributed by atoms with Crippen LogP contribution in [0.3, 0.4) is 0 Å². The zero-order chi connectivity index (χ0) is 25.4. The summed E-state index contributed by atoms with van der Waals surface area (Å²) in [6, 6.07) is 19.1. The van der Waals surface area contributed by atoms with E-state index in [0.29, 0.717) is 34.7 Å². The summed E-state index contributed by atoms with van der Waals surface area (Å²) in [7, 11) is 0. The molecular formula is C27H23BrN2O5. The summed E-state index contributed by atoms with van der Waals surface area (Å²) < 4.78 is 12.4. The molecule has 0 radical (unpaired) electrons. The molecule has 0 aromatic heterocycles. The van der Waals surface area contributed by atoms with Crippen molar-refractivity contribution in [1.29, 1.82) is 5.26 Å². The van der Waals surface area contributed by atoms with Crippen LogP contribution in [0.4, 0.5) is 5.69 Å². The quantitative estimate of drug-likeness (QED) is 0.258. The van der Waals surface area contributed by atoms with E-state index in [4.69, 9.17) is 14.6 Å². The van der Waals surface area contributed by atoms with Crippen molar-refractivity contribution in [1.82, 2.24) is 0 Å². The number of hydrogen-bond donors (Lipinski definition) is 2. The Morgan fingerprint density at radius 2 is 1.89 bits per heavy atom. The van der Waals surface area contributed by atoms with Crippen molar-refractivity contribution in [3.05, 3.63) is 93.0 Å². The Hall–Kier alpha value is -4.09. The molecule has 0 aliphatic rings. The molecule has 0 saturated carbocycles. The number of rotatable bonds is 9. The highest BCUT2D eigenvalue weighted by Gasteiger charge is 2.15. The average molecular weight is 535 g/mol. The second-order valence-electron chi connectivity index (χ2n) is 7.55. The maximum Gasteiger partial charge on any atom is 0.335 e. The van der Waals surface area contributed by atoms with E-state index in [0.717, 1.165) is 11.1 Å². The summed E-state index contributed by atoms with van der Waals surface area (Å²) in [5.41, 5.74) is 2.83. The van der Waals surface area contributed by atoms with Crippen molar-refractivity contribution in [2.75, 3.05) is 11.9 Å². The Bertz CT molecular complexity index is 1330. The molecule has 3 rings (SSSR count). The smallest absolute Gasteiger partial charge is 0.335 e. The largest absolute Gasteiger partial charge is 0.490 e. The van der Waals surface area contributed by atoms with Gasteiger partial charge in [-0.15, -0.1) is 0 Å². The second-order valence-corrected chi connectivity index (χ2v) is 8.40. The van der Waals surface area contributed by atoms with Crippen LogP contribution in [0.15, 0.2) is 70.7 Å². The number of carboxylic acids is 1. The fourth-order valence-electron chi connectivity index (χ4n) is 3.28. The molecule has 0 aliphatic heterocycles. The number of carbonyl (C=O) groups is 2. The molecule has 0 bridgehead atoms. The van der Waals surface area contributed by atoms with Gasteiger partial charge < -0.3 is 19.9 Å². The van der Waals surface area contributed by atoms with Gasteiger partial charge in [0.25, 0.3) is 5.91 Å². The summed E-state index contributed by atoms with van der Waals surface area (Å²) in [5, 5.41) is 21.2. The minimum atomic E-state index is -1.12. The van der Waals surface area contributed by atoms with Gasteiger partial charge in [-0.3, -0.25) is 4.79 Å². The van der Waals surface area contributed by atoms with Crippen LogP contribution in [-0.2, 0) is 11.4 Å². The highest BCUT2D eigenvalue weighted by molar-refractivity contribution is 9.10. The van der Waals surface area contributed by atoms with E-state index in [-0.39, 0.29) is 16.8 Å². The Labute approximate surface area is 211 Å². The Kier molecular flexibility index (Phi) is 8.65. The third-order valence-electron chi connectivity index (χ3n) is 4.84. The number of aromatic carboxylic acids is 1. The number of nitrogens with one attached hydrogen (secondary N) is 1. The topological polar surface area (TPSA) is 109 Å². The fraction of sp³-hybridized carbons (Fsp3) is 0.148. The number of hydrogen-bond acceptors (Lipinski definition) is 5. The summed E-state index contributed by atoms with van der Waals surface area (Å²) in [6.45, 7) is 4.60. The molecule has 0 aliphatic carbocycles. The first kappa shape index (κ1) is 25.5. The number of halogens is 1. The number of ether oxygens (including phenoxy) is 2. The van der Waals surface area contributed by atoms with E-state index in [1.807, 2.05) is 44.2 Å². The first-order valence-electron chi connectivity index (χ1n) is 10.7. The summed E-state index contributed by atoms with van der Waals surface area (Å²) in [6.07, 6.45) is 1.42. The van der Waals surface area contributed by atoms with Gasteiger partial charge in [-0.1, -0.05) is 35.9 Å². The number of carbonyl (C=O) groups excluding carboxylic acids is 1. The predicted molar refractivity (Wildman–Crippen MR) is 136 cm³/mol. The number of nitrogens with zero attached hydrogens (tertiary/aromatic N) is 1. The predicted octanol–water partition coefficient (Wildman–Crippen LogP) is 5.98. The van der Waals surface area contributed by atoms with Crippen LogP contribution in [0.25, 0.3) is 6.08 Å². The van der Waals surface area contributed by atoms with Crippen LogP contribution in [0, 0.1) is 18.3 Å². The molecule has 0 unspecified atom stereocenters. The molecule has 0 atom stereocenters. The van der Waals surface area contributed by atoms with Gasteiger partial charge in [-0.2, -0.15) is 5.26 Å². The lowest BCUT2D eigenvalue weighted by Gasteiger charge is -2.15. The monoisotopic (exact) mass is 534 g/mol. The van der Waals surface area contributed by atoms with Crippen LogP contribution in [0.2, 0.25) is 0 Å². The highest BCUT2D eigenvalue weighted by atomic mass is 79.9. The summed E-state index contributed by atoms with van der Waals surface area (Å²) in [5.74, 6) is -0.800. The Morgan fingerprint density at radius 1 is 1.11 bits per heavy atom. The van der Waals surface area contributed by atoms with E-state index >= 15 is 0 Å². The number of benzene rings is 3. The van der Waals surface area contributed by atoms with Gasteiger partial charge in [-0.05, 0) is 77.3 Å². The van der Waals surface area contributed by atoms with E-state index in [1.54, 1.807) is 18.2 Å². The van der Waals surface area contributed by atoms with Crippen molar-refractivity contribution in [3.8, 4) is 17.6 Å². The molecule has 35 heavy (non-hydrogen) atoms. The molecule has 3 aromatic carbocycles. The van der Waals surface area contributed by atoms with Crippen molar-refractivity contribution >= 4 is 39.6 Å². The Morgan fingerprint density at radius 3 is 2.57 bits per heavy atom. The Balaban J connectivity index is 1.85. The van der Waals surface area contributed by atoms with E-state index < -0.39 is 11.9 Å². The maximum atomic E-state index is 12.7. The van der Waals surface area contributed by atoms with Crippen LogP contribution in [0.1, 0.15) is 34.0 Å². The zero-order valence-electron chi connectivity index (χ0n) is 19.2. The van der Waals surface area contributed by atoms with Crippen LogP contribution in [-0.4, -0.2) is 23.6 Å². The molecular weight excluding hydrogens is 512 g/mol. The molecule has 178 valence electrons. The van der Waals surface area contributed by atoms with E-state index in [1.165, 1.54) is 24.3 Å². The lowest BCUT2D eigenvalue weighted by Crippen LogP contribution is -2.14. The molecule has 0 spiro atoms. The van der Waals surface area contributed by atoms with Crippen molar-refractivity contribution < 1.29 is 24.2 Å². The molecule has 3 aromatic rings. The standard InChI is InChI=1S/C27H23BrN2O5/c1-3-34-24-13-19(12-23(28)25(24)35-16-18-7-4-6-17(2)10-18)11-21(15-29)26(31)30-22-9-5-8-20(14-22)27(32)33/h4-14H,3,16H2,1-2H3,(H,30,31)(H,32,33)/b21-11+. The van der Waals surface area contributed by atoms with Gasteiger partial charge in [0.1, 0.15) is 18.2 Å². The molecule has 0 fully saturated rings. The third-order valence-corrected chi connectivity index (χ3v) is 5.43. The van der Waals surface area contributed by atoms with Crippen LogP contribution < -0.4 is 14.8 Å². The van der Waals surface area contributed by atoms with Gasteiger partial charge in [0, 0.05) is 5.69 Å². The average Bonchev–Trinajstić information content (AvgIpc) is 2.82. The number of amides is 1. The third kappa shape index (κ3) is 6.95. The molecule has 0 heterocycles. The van der Waals surface area contributed by atoms with Crippen LogP contribution >= 0.6 is 15.9 Å². The summed E-state index contributed by atoms with van der Waals surface area (Å²) in [4.78, 5) is 23.8. The van der Waals surface area contributed by atoms with Gasteiger partial charge in [0.15, 0.2) is 11.5 Å². The number of anilines is 1. The molecule has 2 N–H and O–H groups in total. The number of nitriles is 1. The van der Waals surface area contributed by atoms with Crippen molar-refractivity contribution in [3.63, 3.8) is 0 Å². The number of aryl methyl sites for hydroxylation is 1. The minimum Gasteiger partial charge on any atom is -0.490 e. The van der Waals surface area contributed by atoms with Gasteiger partial charge in [0.05, 0.1) is 16.6 Å². The van der Waals surface area contributed by atoms with E-state index in [2.05, 4.69) is 21.2 Å². The normalized spacial score (nSPS) is 10.9. The minimum absolute atomic E-state index is 0.0248. The van der Waals surface area contributed by atoms with Gasteiger partial charge >= 0.3 is 5.97 Å². The SMILES string of the molecule is CCOc1cc(/C=C(\C#N)C(=O)Nc2cccc(C(=O)O)c2)cc(Br)c1OCc1cccc(C)c1. The van der Waals surface area contributed by atoms with Crippen LogP contribution in [0.5, 0.6) is 11.5 Å². The second kappa shape index (κ2) is 11.9. The lowest BCUT2D eigenvalue weighted by atomic mass is 10.1. The maximum absolute atomic E-state index is 12.7. The lowest BCUT2D eigenvalue weighted by molar-refractivity contribution is -0.112. The molecule has 7 nitrogen and oxygen atoms in total. The first-order chi connectivity index (χ1) is 16.8. The highest BCUT2D eigenvalue weighted by Crippen LogP contribution is 2.38. The molecule has 8 heteroatoms. The molecule has 0 saturated heterocycles. The number of carboxylic acid groups (broad SMARTS) is 1. The van der Waals surface area contributed by atoms with Crippen molar-refractivity contribution in [2.24, 2.45) is 0 Å². The first-order valence-corrected chi connectivity index (χ1v) is 11.5. The zero-order valence-corrected chi connectivity index (χ0v) is 20.8. The summed E-state index contributed by atoms with van der Waals surface area (Å²) >= 11 is 3.51.